The number of sulfonamides is 1. The van der Waals surface area contributed by atoms with Crippen molar-refractivity contribution in [1.82, 2.24) is 34.9 Å². The standard InChI is InChI=1S/C44H51N7O9S/c1-58-37-20-12-10-16-31(37)35-24-38(51-39(45-35)32-17-9-11-18-33(32)48-51)59-29-23-36-40(52)47-44(42(54)49-61(56,57)30-21-22-30)25-27(44)13-5-3-2-4-6-19-34(41(53)50(36)26-29)46-43(55)60-28-14-7-8-15-28/h5,9-13,16-18,20,24,27-30,34,36H,2-4,6-8,14-15,19,21-23,25-26H2,1H3,(H,46,55)(H,47,52)(H,49,54)/b13-5-/t27-,29+,34-,36-,44+/m0/s1. The molecular weight excluding hydrogens is 803 g/mol. The molecule has 3 aliphatic carbocycles. The molecule has 16 nitrogen and oxygen atoms in total. The van der Waals surface area contributed by atoms with Crippen molar-refractivity contribution in [1.29, 1.82) is 0 Å². The van der Waals surface area contributed by atoms with Gasteiger partial charge in [0.1, 0.15) is 35.6 Å². The second-order valence-electron chi connectivity index (χ2n) is 16.9. The van der Waals surface area contributed by atoms with Crippen LogP contribution in [0, 0.1) is 5.92 Å². The van der Waals surface area contributed by atoms with Crippen molar-refractivity contribution in [2.24, 2.45) is 5.92 Å². The largest absolute Gasteiger partial charge is 0.496 e. The number of benzene rings is 2. The first kappa shape index (κ1) is 40.7. The molecule has 3 N–H and O–H groups in total. The Hall–Kier alpha value is -5.71. The van der Waals surface area contributed by atoms with Crippen LogP contribution in [0.2, 0.25) is 0 Å². The third-order valence-corrected chi connectivity index (χ3v) is 14.4. The number of para-hydroxylation sites is 1. The van der Waals surface area contributed by atoms with E-state index in [0.29, 0.717) is 60.6 Å². The Morgan fingerprint density at radius 1 is 0.934 bits per heavy atom. The van der Waals surface area contributed by atoms with Gasteiger partial charge in [-0.25, -0.2) is 18.2 Å². The van der Waals surface area contributed by atoms with Gasteiger partial charge >= 0.3 is 6.09 Å². The molecule has 3 saturated carbocycles. The van der Waals surface area contributed by atoms with Gasteiger partial charge < -0.3 is 29.7 Å². The number of ether oxygens (including phenoxy) is 3. The number of nitrogens with one attached hydrogen (secondary N) is 3. The number of carbonyl (C=O) groups is 4. The van der Waals surface area contributed by atoms with E-state index >= 15 is 0 Å². The molecule has 4 heterocycles. The summed E-state index contributed by atoms with van der Waals surface area (Å²) in [6, 6.07) is 14.7. The number of fused-ring (bicyclic) bond motifs is 5. The summed E-state index contributed by atoms with van der Waals surface area (Å²) in [5.41, 5.74) is 0.962. The van der Waals surface area contributed by atoms with Crippen LogP contribution < -0.4 is 24.8 Å². The number of alkyl carbamates (subject to hydrolysis) is 1. The van der Waals surface area contributed by atoms with Crippen molar-refractivity contribution in [3.05, 3.63) is 66.7 Å². The molecule has 2 aliphatic heterocycles. The number of hydrogen-bond donors (Lipinski definition) is 3. The first-order valence-corrected chi connectivity index (χ1v) is 23.0. The zero-order valence-electron chi connectivity index (χ0n) is 34.1. The maximum Gasteiger partial charge on any atom is 0.408 e. The fourth-order valence-electron chi connectivity index (χ4n) is 9.03. The Morgan fingerprint density at radius 2 is 1.70 bits per heavy atom. The van der Waals surface area contributed by atoms with E-state index in [0.717, 1.165) is 49.5 Å². The predicted octanol–water partition coefficient (Wildman–Crippen LogP) is 4.95. The third kappa shape index (κ3) is 8.36. The quantitative estimate of drug-likeness (QED) is 0.193. The molecule has 5 atom stereocenters. The minimum atomic E-state index is -3.92. The van der Waals surface area contributed by atoms with E-state index in [2.05, 4.69) is 15.4 Å². The summed E-state index contributed by atoms with van der Waals surface area (Å²) in [6.45, 7) is -0.0417. The molecule has 4 fully saturated rings. The number of amides is 4. The summed E-state index contributed by atoms with van der Waals surface area (Å²) >= 11 is 0. The fraction of sp³-hybridized carbons (Fsp3) is 0.500. The summed E-state index contributed by atoms with van der Waals surface area (Å²) < 4.78 is 48.0. The zero-order chi connectivity index (χ0) is 42.3. The molecular formula is C44H51N7O9S. The van der Waals surface area contributed by atoms with E-state index in [1.165, 1.54) is 4.90 Å². The van der Waals surface area contributed by atoms with Gasteiger partial charge in [0, 0.05) is 29.4 Å². The number of methoxy groups -OCH3 is 1. The molecule has 1 saturated heterocycles. The SMILES string of the molecule is COc1ccccc1-c1cc(O[C@@H]2C[C@H]3C(=O)N[C@]4(C(=O)NS(=O)(=O)C5CC5)C[C@@H]4/C=C\CCCCC[C@H](NC(=O)OC4CCCC4)C(=O)N3C2)n2nc3ccccc3c2n1. The highest BCUT2D eigenvalue weighted by molar-refractivity contribution is 7.91. The van der Waals surface area contributed by atoms with Gasteiger partial charge in [0.2, 0.25) is 27.7 Å². The van der Waals surface area contributed by atoms with Crippen molar-refractivity contribution in [3.63, 3.8) is 0 Å². The van der Waals surface area contributed by atoms with Crippen molar-refractivity contribution in [2.45, 2.75) is 119 Å². The Bertz CT molecular complexity index is 2500. The van der Waals surface area contributed by atoms with Gasteiger partial charge in [-0.15, -0.1) is 0 Å². The summed E-state index contributed by atoms with van der Waals surface area (Å²) in [6.07, 6.45) is 9.97. The smallest absolute Gasteiger partial charge is 0.408 e. The minimum Gasteiger partial charge on any atom is -0.496 e. The van der Waals surface area contributed by atoms with E-state index in [1.54, 1.807) is 17.7 Å². The Labute approximate surface area is 353 Å². The van der Waals surface area contributed by atoms with Crippen LogP contribution in [0.25, 0.3) is 27.8 Å². The number of hydrogen-bond acceptors (Lipinski definition) is 11. The molecule has 0 radical (unpaired) electrons. The van der Waals surface area contributed by atoms with E-state index in [1.807, 2.05) is 60.7 Å². The molecule has 2 aromatic carbocycles. The lowest BCUT2D eigenvalue weighted by Gasteiger charge is -2.30. The van der Waals surface area contributed by atoms with Crippen LogP contribution in [0.5, 0.6) is 11.6 Å². The Kier molecular flexibility index (Phi) is 11.1. The van der Waals surface area contributed by atoms with Crippen LogP contribution in [0.15, 0.2) is 66.7 Å². The van der Waals surface area contributed by atoms with Gasteiger partial charge in [-0.3, -0.25) is 19.1 Å². The lowest BCUT2D eigenvalue weighted by atomic mass is 10.0. The molecule has 17 heteroatoms. The lowest BCUT2D eigenvalue weighted by molar-refractivity contribution is -0.141. The maximum atomic E-state index is 14.8. The zero-order valence-corrected chi connectivity index (χ0v) is 34.9. The maximum absolute atomic E-state index is 14.8. The van der Waals surface area contributed by atoms with Crippen molar-refractivity contribution in [2.75, 3.05) is 13.7 Å². The molecule has 0 unspecified atom stereocenters. The van der Waals surface area contributed by atoms with E-state index in [4.69, 9.17) is 24.3 Å². The predicted molar refractivity (Wildman–Crippen MR) is 224 cm³/mol. The number of nitrogens with zero attached hydrogens (tertiary/aromatic N) is 4. The number of allylic oxidation sites excluding steroid dienone is 1. The third-order valence-electron chi connectivity index (χ3n) is 12.6. The van der Waals surface area contributed by atoms with Crippen LogP contribution in [0.4, 0.5) is 4.79 Å². The molecule has 2 aromatic heterocycles. The van der Waals surface area contributed by atoms with Crippen molar-refractivity contribution in [3.8, 4) is 22.9 Å². The highest BCUT2D eigenvalue weighted by Crippen LogP contribution is 2.46. The first-order chi connectivity index (χ1) is 29.5. The number of carbonyl (C=O) groups excluding carboxylic acids is 4. The molecule has 4 aromatic rings. The van der Waals surface area contributed by atoms with Gasteiger partial charge in [0.25, 0.3) is 5.91 Å². The van der Waals surface area contributed by atoms with Crippen LogP contribution in [0.3, 0.4) is 0 Å². The average Bonchev–Trinajstić information content (AvgIpc) is 4.06. The molecule has 5 aliphatic rings. The monoisotopic (exact) mass is 853 g/mol. The molecule has 4 amide bonds. The molecule has 61 heavy (non-hydrogen) atoms. The molecule has 322 valence electrons. The van der Waals surface area contributed by atoms with Crippen molar-refractivity contribution >= 4 is 50.4 Å². The van der Waals surface area contributed by atoms with Crippen molar-refractivity contribution < 1.29 is 41.8 Å². The highest BCUT2D eigenvalue weighted by atomic mass is 32.2. The topological polar surface area (TPSA) is 200 Å². The summed E-state index contributed by atoms with van der Waals surface area (Å²) in [4.78, 5) is 63.0. The lowest BCUT2D eigenvalue weighted by Crippen LogP contribution is -2.58. The fourth-order valence-corrected chi connectivity index (χ4v) is 10.4. The van der Waals surface area contributed by atoms with E-state index in [-0.39, 0.29) is 25.5 Å². The van der Waals surface area contributed by atoms with Crippen LogP contribution in [-0.4, -0.2) is 100 Å². The van der Waals surface area contributed by atoms with E-state index in [9.17, 15) is 27.6 Å². The molecule has 0 spiro atoms. The number of aromatic nitrogens is 3. The summed E-state index contributed by atoms with van der Waals surface area (Å²) in [5, 5.41) is 10.7. The summed E-state index contributed by atoms with van der Waals surface area (Å²) in [5.74, 6) is -1.44. The van der Waals surface area contributed by atoms with Crippen LogP contribution in [-0.2, 0) is 29.1 Å². The van der Waals surface area contributed by atoms with Crippen LogP contribution >= 0.6 is 0 Å². The average molecular weight is 854 g/mol. The van der Waals surface area contributed by atoms with Gasteiger partial charge in [-0.2, -0.15) is 9.61 Å². The second kappa shape index (κ2) is 16.6. The first-order valence-electron chi connectivity index (χ1n) is 21.4. The van der Waals surface area contributed by atoms with E-state index < -0.39 is 68.7 Å². The van der Waals surface area contributed by atoms with Gasteiger partial charge in [-0.05, 0) is 88.5 Å². The Balaban J connectivity index is 1.06. The van der Waals surface area contributed by atoms with Gasteiger partial charge in [0.15, 0.2) is 5.65 Å². The normalized spacial score (nSPS) is 26.7. The number of rotatable bonds is 9. The minimum absolute atomic E-state index is 0.0178. The second-order valence-corrected chi connectivity index (χ2v) is 18.9. The molecule has 0 bridgehead atoms. The Morgan fingerprint density at radius 3 is 2.51 bits per heavy atom. The van der Waals surface area contributed by atoms with Gasteiger partial charge in [-0.1, -0.05) is 49.3 Å². The van der Waals surface area contributed by atoms with Crippen LogP contribution in [0.1, 0.15) is 83.5 Å². The van der Waals surface area contributed by atoms with Gasteiger partial charge in [0.05, 0.1) is 30.1 Å². The summed E-state index contributed by atoms with van der Waals surface area (Å²) in [7, 11) is -2.33. The highest BCUT2D eigenvalue weighted by Gasteiger charge is 2.62. The molecule has 9 rings (SSSR count).